The Morgan fingerprint density at radius 2 is 1.90 bits per heavy atom. The van der Waals surface area contributed by atoms with Gasteiger partial charge in [0.2, 0.25) is 0 Å². The maximum atomic E-state index is 13.3. The molecule has 4 heterocycles. The Balaban J connectivity index is 1.44. The lowest BCUT2D eigenvalue weighted by molar-refractivity contribution is 0.0517. The standard InChI is InChI=1S/C24H28N4O/c1-26-9-7-21(8-10-26)27-14-18-12-20(16-27)23-6-5-22(24(29)28(23)15-18)19-4-2-3-17(11-19)13-25/h2-6,11,18,20-21H,7-10,12,14-16H2,1H3/t18-,20-/m1/s1. The molecule has 2 saturated heterocycles. The van der Waals surface area contributed by atoms with Crippen LogP contribution in [0, 0.1) is 17.2 Å². The van der Waals surface area contributed by atoms with Gasteiger partial charge in [0.1, 0.15) is 0 Å². The fraction of sp³-hybridized carbons (Fsp3) is 0.500. The first-order chi connectivity index (χ1) is 14.1. The van der Waals surface area contributed by atoms with Crippen molar-refractivity contribution in [2.24, 2.45) is 5.92 Å². The lowest BCUT2D eigenvalue weighted by Crippen LogP contribution is -2.53. The Morgan fingerprint density at radius 3 is 2.69 bits per heavy atom. The van der Waals surface area contributed by atoms with Gasteiger partial charge in [0.05, 0.1) is 11.6 Å². The smallest absolute Gasteiger partial charge is 0.258 e. The zero-order valence-electron chi connectivity index (χ0n) is 17.1. The number of piperidine rings is 2. The minimum Gasteiger partial charge on any atom is -0.311 e. The predicted molar refractivity (Wildman–Crippen MR) is 114 cm³/mol. The van der Waals surface area contributed by atoms with Crippen LogP contribution in [0.4, 0.5) is 0 Å². The molecular formula is C24H28N4O. The summed E-state index contributed by atoms with van der Waals surface area (Å²) in [5.74, 6) is 1.01. The third kappa shape index (κ3) is 3.41. The van der Waals surface area contributed by atoms with Crippen molar-refractivity contribution in [1.82, 2.24) is 14.4 Å². The number of pyridine rings is 1. The summed E-state index contributed by atoms with van der Waals surface area (Å²) >= 11 is 0. The molecule has 29 heavy (non-hydrogen) atoms. The molecule has 5 rings (SSSR count). The second kappa shape index (κ2) is 7.44. The van der Waals surface area contributed by atoms with Crippen LogP contribution in [0.5, 0.6) is 0 Å². The first kappa shape index (κ1) is 18.6. The molecule has 2 bridgehead atoms. The summed E-state index contributed by atoms with van der Waals surface area (Å²) in [7, 11) is 2.22. The van der Waals surface area contributed by atoms with Crippen LogP contribution < -0.4 is 5.56 Å². The number of likely N-dealkylation sites (tertiary alicyclic amines) is 2. The minimum atomic E-state index is 0.0973. The average molecular weight is 389 g/mol. The highest BCUT2D eigenvalue weighted by Gasteiger charge is 2.37. The lowest BCUT2D eigenvalue weighted by atomic mass is 9.81. The molecule has 2 fully saturated rings. The molecule has 0 radical (unpaired) electrons. The van der Waals surface area contributed by atoms with E-state index in [2.05, 4.69) is 29.0 Å². The van der Waals surface area contributed by atoms with Gasteiger partial charge in [0.25, 0.3) is 5.56 Å². The van der Waals surface area contributed by atoms with E-state index in [9.17, 15) is 10.1 Å². The lowest BCUT2D eigenvalue weighted by Gasteiger charge is -2.47. The van der Waals surface area contributed by atoms with Crippen LogP contribution in [0.2, 0.25) is 0 Å². The van der Waals surface area contributed by atoms with Crippen LogP contribution in [0.25, 0.3) is 11.1 Å². The van der Waals surface area contributed by atoms with Gasteiger partial charge in [-0.15, -0.1) is 0 Å². The molecule has 2 aromatic rings. The Bertz CT molecular complexity index is 1010. The molecule has 2 atom stereocenters. The van der Waals surface area contributed by atoms with Crippen molar-refractivity contribution in [1.29, 1.82) is 5.26 Å². The number of nitrogens with zero attached hydrogens (tertiary/aromatic N) is 4. The van der Waals surface area contributed by atoms with E-state index < -0.39 is 0 Å². The number of benzene rings is 1. The maximum Gasteiger partial charge on any atom is 0.258 e. The van der Waals surface area contributed by atoms with Gasteiger partial charge in [0.15, 0.2) is 0 Å². The van der Waals surface area contributed by atoms with Gasteiger partial charge < -0.3 is 9.47 Å². The molecule has 0 unspecified atom stereocenters. The third-order valence-corrected chi connectivity index (χ3v) is 7.14. The van der Waals surface area contributed by atoms with Gasteiger partial charge >= 0.3 is 0 Å². The third-order valence-electron chi connectivity index (χ3n) is 7.14. The second-order valence-corrected chi connectivity index (χ2v) is 9.07. The molecule has 0 amide bonds. The summed E-state index contributed by atoms with van der Waals surface area (Å²) in [6, 6.07) is 14.4. The molecule has 3 aliphatic rings. The van der Waals surface area contributed by atoms with E-state index in [1.54, 1.807) is 6.07 Å². The van der Waals surface area contributed by atoms with Crippen LogP contribution in [0.3, 0.4) is 0 Å². The molecule has 1 aromatic heterocycles. The minimum absolute atomic E-state index is 0.0973. The van der Waals surface area contributed by atoms with E-state index in [0.29, 0.717) is 29.0 Å². The second-order valence-electron chi connectivity index (χ2n) is 9.07. The summed E-state index contributed by atoms with van der Waals surface area (Å²) in [6.07, 6.45) is 3.72. The Labute approximate surface area is 172 Å². The molecule has 3 aliphatic heterocycles. The van der Waals surface area contributed by atoms with E-state index >= 15 is 0 Å². The van der Waals surface area contributed by atoms with Crippen LogP contribution in [-0.4, -0.2) is 53.6 Å². The van der Waals surface area contributed by atoms with E-state index in [1.807, 2.05) is 28.8 Å². The van der Waals surface area contributed by atoms with Crippen LogP contribution in [0.1, 0.15) is 36.4 Å². The summed E-state index contributed by atoms with van der Waals surface area (Å²) < 4.78 is 2.03. The number of hydrogen-bond acceptors (Lipinski definition) is 4. The average Bonchev–Trinajstić information content (AvgIpc) is 2.75. The molecular weight excluding hydrogens is 360 g/mol. The first-order valence-electron chi connectivity index (χ1n) is 10.8. The van der Waals surface area contributed by atoms with E-state index in [1.165, 1.54) is 38.0 Å². The Morgan fingerprint density at radius 1 is 1.07 bits per heavy atom. The molecule has 0 aliphatic carbocycles. The molecule has 0 saturated carbocycles. The Hall–Kier alpha value is -2.42. The van der Waals surface area contributed by atoms with E-state index in [4.69, 9.17) is 0 Å². The van der Waals surface area contributed by atoms with Crippen LogP contribution >= 0.6 is 0 Å². The van der Waals surface area contributed by atoms with Crippen molar-refractivity contribution in [2.45, 2.75) is 37.8 Å². The fourth-order valence-electron chi connectivity index (χ4n) is 5.62. The largest absolute Gasteiger partial charge is 0.311 e. The summed E-state index contributed by atoms with van der Waals surface area (Å²) in [4.78, 5) is 18.5. The van der Waals surface area contributed by atoms with Gasteiger partial charge in [0, 0.05) is 42.9 Å². The van der Waals surface area contributed by atoms with Crippen molar-refractivity contribution in [2.75, 3.05) is 33.2 Å². The number of rotatable bonds is 2. The van der Waals surface area contributed by atoms with Crippen molar-refractivity contribution >= 4 is 0 Å². The van der Waals surface area contributed by atoms with Gasteiger partial charge in [-0.05, 0) is 75.1 Å². The molecule has 150 valence electrons. The van der Waals surface area contributed by atoms with Gasteiger partial charge in [-0.2, -0.15) is 5.26 Å². The molecule has 0 N–H and O–H groups in total. The number of aromatic nitrogens is 1. The van der Waals surface area contributed by atoms with Crippen molar-refractivity contribution < 1.29 is 0 Å². The van der Waals surface area contributed by atoms with E-state index in [-0.39, 0.29) is 5.56 Å². The zero-order valence-corrected chi connectivity index (χ0v) is 17.1. The molecule has 5 heteroatoms. The van der Waals surface area contributed by atoms with Crippen molar-refractivity contribution in [3.05, 3.63) is 58.0 Å². The van der Waals surface area contributed by atoms with Gasteiger partial charge in [-0.25, -0.2) is 0 Å². The highest BCUT2D eigenvalue weighted by atomic mass is 16.1. The number of hydrogen-bond donors (Lipinski definition) is 0. The predicted octanol–water partition coefficient (Wildman–Crippen LogP) is 2.90. The maximum absolute atomic E-state index is 13.3. The number of fused-ring (bicyclic) bond motifs is 4. The normalized spacial score (nSPS) is 25.4. The van der Waals surface area contributed by atoms with E-state index in [0.717, 1.165) is 25.2 Å². The zero-order chi connectivity index (χ0) is 20.0. The van der Waals surface area contributed by atoms with Crippen LogP contribution in [0.15, 0.2) is 41.2 Å². The van der Waals surface area contributed by atoms with Crippen LogP contribution in [-0.2, 0) is 6.54 Å². The Kier molecular flexibility index (Phi) is 4.77. The molecule has 5 nitrogen and oxygen atoms in total. The number of nitriles is 1. The van der Waals surface area contributed by atoms with Crippen molar-refractivity contribution in [3.8, 4) is 17.2 Å². The van der Waals surface area contributed by atoms with Gasteiger partial charge in [-0.3, -0.25) is 9.69 Å². The topological polar surface area (TPSA) is 52.3 Å². The quantitative estimate of drug-likeness (QED) is 0.794. The summed E-state index contributed by atoms with van der Waals surface area (Å²) in [5, 5.41) is 9.19. The molecule has 1 aromatic carbocycles. The summed E-state index contributed by atoms with van der Waals surface area (Å²) in [6.45, 7) is 5.40. The highest BCUT2D eigenvalue weighted by Crippen LogP contribution is 2.37. The SMILES string of the molecule is CN1CCC(N2C[C@H]3C[C@H](C2)c2ccc(-c4cccc(C#N)c4)c(=O)n2C3)CC1. The molecule has 0 spiro atoms. The van der Waals surface area contributed by atoms with Gasteiger partial charge in [-0.1, -0.05) is 12.1 Å². The van der Waals surface area contributed by atoms with Crippen molar-refractivity contribution in [3.63, 3.8) is 0 Å². The fourth-order valence-corrected chi connectivity index (χ4v) is 5.62. The summed E-state index contributed by atoms with van der Waals surface area (Å²) in [5.41, 5.74) is 3.44. The first-order valence-corrected chi connectivity index (χ1v) is 10.8. The monoisotopic (exact) mass is 388 g/mol. The highest BCUT2D eigenvalue weighted by molar-refractivity contribution is 5.64.